The number of aryl methyl sites for hydroxylation is 2. The number of carbonyl (C=O) groups is 1. The molecule has 114 valence electrons. The summed E-state index contributed by atoms with van der Waals surface area (Å²) in [6, 6.07) is 6.97. The lowest BCUT2D eigenvalue weighted by molar-refractivity contribution is -0.132. The number of nitrogens with zero attached hydrogens (tertiary/aromatic N) is 1. The molecule has 0 radical (unpaired) electrons. The van der Waals surface area contributed by atoms with Crippen LogP contribution in [0, 0.1) is 13.8 Å². The predicted octanol–water partition coefficient (Wildman–Crippen LogP) is 3.46. The van der Waals surface area contributed by atoms with Crippen LogP contribution < -0.4 is 5.32 Å². The molecule has 1 saturated heterocycles. The lowest BCUT2D eigenvalue weighted by Gasteiger charge is -2.31. The van der Waals surface area contributed by atoms with Crippen molar-refractivity contribution in [1.29, 1.82) is 0 Å². The van der Waals surface area contributed by atoms with E-state index >= 15 is 0 Å². The molecule has 1 aromatic rings. The third-order valence-electron chi connectivity index (χ3n) is 5.04. The van der Waals surface area contributed by atoms with Crippen molar-refractivity contribution in [3.05, 3.63) is 34.9 Å². The molecular formula is C18H26N2O. The van der Waals surface area contributed by atoms with Gasteiger partial charge in [-0.1, -0.05) is 43.5 Å². The predicted molar refractivity (Wildman–Crippen MR) is 85.0 cm³/mol. The van der Waals surface area contributed by atoms with Crippen LogP contribution in [0.25, 0.3) is 0 Å². The Hall–Kier alpha value is -1.35. The van der Waals surface area contributed by atoms with Crippen LogP contribution >= 0.6 is 0 Å². The first-order valence-corrected chi connectivity index (χ1v) is 8.27. The molecular weight excluding hydrogens is 260 g/mol. The quantitative estimate of drug-likeness (QED) is 0.923. The van der Waals surface area contributed by atoms with Crippen molar-refractivity contribution in [3.63, 3.8) is 0 Å². The largest absolute Gasteiger partial charge is 0.319 e. The SMILES string of the molecule is CCC1NC(c2ccc(C)cc2C)N(C2CCCC2)C1=O. The van der Waals surface area contributed by atoms with Gasteiger partial charge in [0.2, 0.25) is 5.91 Å². The molecule has 1 saturated carbocycles. The average Bonchev–Trinajstić information content (AvgIpc) is 3.06. The summed E-state index contributed by atoms with van der Waals surface area (Å²) >= 11 is 0. The van der Waals surface area contributed by atoms with Crippen LogP contribution in [-0.2, 0) is 4.79 Å². The van der Waals surface area contributed by atoms with Gasteiger partial charge >= 0.3 is 0 Å². The summed E-state index contributed by atoms with van der Waals surface area (Å²) in [6.07, 6.45) is 5.75. The molecule has 1 aromatic carbocycles. The summed E-state index contributed by atoms with van der Waals surface area (Å²) in [5, 5.41) is 3.57. The summed E-state index contributed by atoms with van der Waals surface area (Å²) in [7, 11) is 0. The van der Waals surface area contributed by atoms with Crippen LogP contribution in [0.2, 0.25) is 0 Å². The maximum atomic E-state index is 12.7. The summed E-state index contributed by atoms with van der Waals surface area (Å²) in [5.41, 5.74) is 3.82. The van der Waals surface area contributed by atoms with E-state index < -0.39 is 0 Å². The van der Waals surface area contributed by atoms with Gasteiger partial charge in [0, 0.05) is 6.04 Å². The fourth-order valence-corrected chi connectivity index (χ4v) is 3.89. The van der Waals surface area contributed by atoms with Crippen molar-refractivity contribution < 1.29 is 4.79 Å². The van der Waals surface area contributed by atoms with Crippen LogP contribution in [0.15, 0.2) is 18.2 Å². The second-order valence-corrected chi connectivity index (χ2v) is 6.57. The molecule has 3 heteroatoms. The molecule has 1 heterocycles. The second kappa shape index (κ2) is 5.80. The Kier molecular flexibility index (Phi) is 4.03. The van der Waals surface area contributed by atoms with Gasteiger partial charge in [-0.2, -0.15) is 0 Å². The van der Waals surface area contributed by atoms with Crippen LogP contribution in [0.5, 0.6) is 0 Å². The van der Waals surface area contributed by atoms with E-state index in [1.807, 2.05) is 0 Å². The zero-order chi connectivity index (χ0) is 15.0. The highest BCUT2D eigenvalue weighted by Gasteiger charge is 2.43. The minimum atomic E-state index is -0.0173. The Morgan fingerprint density at radius 3 is 2.57 bits per heavy atom. The molecule has 0 spiro atoms. The van der Waals surface area contributed by atoms with Crippen LogP contribution in [0.1, 0.15) is 61.9 Å². The van der Waals surface area contributed by atoms with Crippen molar-refractivity contribution in [3.8, 4) is 0 Å². The maximum absolute atomic E-state index is 12.7. The molecule has 2 aliphatic rings. The molecule has 3 rings (SSSR count). The topological polar surface area (TPSA) is 32.3 Å². The molecule has 3 nitrogen and oxygen atoms in total. The lowest BCUT2D eigenvalue weighted by atomic mass is 10.0. The highest BCUT2D eigenvalue weighted by Crippen LogP contribution is 2.35. The number of hydrogen-bond acceptors (Lipinski definition) is 2. The first-order chi connectivity index (χ1) is 10.1. The van der Waals surface area contributed by atoms with E-state index in [2.05, 4.69) is 49.2 Å². The van der Waals surface area contributed by atoms with E-state index in [9.17, 15) is 4.79 Å². The van der Waals surface area contributed by atoms with Gasteiger partial charge in [-0.25, -0.2) is 0 Å². The number of rotatable bonds is 3. The minimum Gasteiger partial charge on any atom is -0.319 e. The zero-order valence-corrected chi connectivity index (χ0v) is 13.4. The van der Waals surface area contributed by atoms with E-state index in [-0.39, 0.29) is 12.2 Å². The van der Waals surface area contributed by atoms with E-state index in [1.165, 1.54) is 29.5 Å². The number of carbonyl (C=O) groups excluding carboxylic acids is 1. The van der Waals surface area contributed by atoms with Crippen molar-refractivity contribution >= 4 is 5.91 Å². The van der Waals surface area contributed by atoms with Crippen LogP contribution in [0.4, 0.5) is 0 Å². The summed E-state index contributed by atoms with van der Waals surface area (Å²) in [5.74, 6) is 0.300. The number of amides is 1. The molecule has 0 aromatic heterocycles. The number of nitrogens with one attached hydrogen (secondary N) is 1. The Morgan fingerprint density at radius 1 is 1.24 bits per heavy atom. The molecule has 1 aliphatic carbocycles. The van der Waals surface area contributed by atoms with Crippen LogP contribution in [0.3, 0.4) is 0 Å². The monoisotopic (exact) mass is 286 g/mol. The molecule has 1 N–H and O–H groups in total. The second-order valence-electron chi connectivity index (χ2n) is 6.57. The Bertz CT molecular complexity index is 534. The summed E-state index contributed by atoms with van der Waals surface area (Å²) in [6.45, 7) is 6.36. The van der Waals surface area contributed by atoms with Crippen molar-refractivity contribution in [2.75, 3.05) is 0 Å². The lowest BCUT2D eigenvalue weighted by Crippen LogP contribution is -2.38. The zero-order valence-electron chi connectivity index (χ0n) is 13.4. The number of benzene rings is 1. The molecule has 1 amide bonds. The number of hydrogen-bond donors (Lipinski definition) is 1. The van der Waals surface area contributed by atoms with Gasteiger partial charge in [0.25, 0.3) is 0 Å². The Morgan fingerprint density at radius 2 is 1.95 bits per heavy atom. The van der Waals surface area contributed by atoms with Crippen molar-refractivity contribution in [2.45, 2.75) is 71.1 Å². The van der Waals surface area contributed by atoms with E-state index in [0.29, 0.717) is 11.9 Å². The van der Waals surface area contributed by atoms with Gasteiger partial charge in [-0.15, -0.1) is 0 Å². The van der Waals surface area contributed by atoms with Crippen molar-refractivity contribution in [2.24, 2.45) is 0 Å². The summed E-state index contributed by atoms with van der Waals surface area (Å²) < 4.78 is 0. The molecule has 2 fully saturated rings. The van der Waals surface area contributed by atoms with Crippen molar-refractivity contribution in [1.82, 2.24) is 10.2 Å². The van der Waals surface area contributed by atoms with Crippen LogP contribution in [-0.4, -0.2) is 22.9 Å². The normalized spacial score (nSPS) is 26.8. The van der Waals surface area contributed by atoms with E-state index in [1.54, 1.807) is 0 Å². The maximum Gasteiger partial charge on any atom is 0.241 e. The smallest absolute Gasteiger partial charge is 0.241 e. The van der Waals surface area contributed by atoms with Gasteiger partial charge in [0.1, 0.15) is 6.17 Å². The molecule has 1 aliphatic heterocycles. The first kappa shape index (κ1) is 14.6. The fraction of sp³-hybridized carbons (Fsp3) is 0.611. The molecule has 0 bridgehead atoms. The van der Waals surface area contributed by atoms with Gasteiger partial charge in [-0.3, -0.25) is 10.1 Å². The summed E-state index contributed by atoms with van der Waals surface area (Å²) in [4.78, 5) is 14.9. The highest BCUT2D eigenvalue weighted by molar-refractivity contribution is 5.85. The Balaban J connectivity index is 1.95. The van der Waals surface area contributed by atoms with Gasteiger partial charge in [-0.05, 0) is 44.2 Å². The van der Waals surface area contributed by atoms with E-state index in [4.69, 9.17) is 0 Å². The Labute approximate surface area is 127 Å². The third-order valence-corrected chi connectivity index (χ3v) is 5.04. The third kappa shape index (κ3) is 2.59. The fourth-order valence-electron chi connectivity index (χ4n) is 3.89. The highest BCUT2D eigenvalue weighted by atomic mass is 16.2. The average molecular weight is 286 g/mol. The first-order valence-electron chi connectivity index (χ1n) is 8.27. The molecule has 21 heavy (non-hydrogen) atoms. The molecule has 2 unspecified atom stereocenters. The minimum absolute atomic E-state index is 0.0173. The van der Waals surface area contributed by atoms with Gasteiger partial charge in [0.05, 0.1) is 6.04 Å². The van der Waals surface area contributed by atoms with Gasteiger partial charge < -0.3 is 4.90 Å². The standard InChI is InChI=1S/C18H26N2O/c1-4-16-18(21)20(14-7-5-6-8-14)17(19-16)15-10-9-12(2)11-13(15)3/h9-11,14,16-17,19H,4-8H2,1-3H3. The van der Waals surface area contributed by atoms with E-state index in [0.717, 1.165) is 19.3 Å². The van der Waals surface area contributed by atoms with Gasteiger partial charge in [0.15, 0.2) is 0 Å². The molecule has 2 atom stereocenters.